The quantitative estimate of drug-likeness (QED) is 0.515. The number of hydrogen-bond acceptors (Lipinski definition) is 4. The van der Waals surface area contributed by atoms with Crippen LogP contribution < -0.4 is 9.57 Å². The Balaban J connectivity index is 1.90. The zero-order chi connectivity index (χ0) is 18.7. The number of rotatable bonds is 6. The molecule has 0 atom stereocenters. The summed E-state index contributed by atoms with van der Waals surface area (Å²) in [5, 5.41) is 5.21. The topological polar surface area (TPSA) is 72.7 Å². The summed E-state index contributed by atoms with van der Waals surface area (Å²) in [6.45, 7) is 2.85. The minimum absolute atomic E-state index is 0.0689. The van der Waals surface area contributed by atoms with Crippen LogP contribution in [0, 0.1) is 0 Å². The third-order valence-electron chi connectivity index (χ3n) is 3.95. The van der Waals surface area contributed by atoms with Crippen LogP contribution >= 0.6 is 11.6 Å². The molecule has 3 rings (SSSR count). The Bertz CT molecular complexity index is 1070. The number of benzene rings is 2. The molecule has 1 N–H and O–H groups in total. The van der Waals surface area contributed by atoms with E-state index in [1.165, 1.54) is 25.5 Å². The van der Waals surface area contributed by atoms with Crippen molar-refractivity contribution in [1.29, 1.82) is 0 Å². The molecule has 0 aliphatic carbocycles. The molecule has 0 saturated carbocycles. The molecule has 0 aliphatic rings. The maximum absolute atomic E-state index is 12.5. The molecular weight excluding hydrogens is 374 g/mol. The van der Waals surface area contributed by atoms with E-state index in [-0.39, 0.29) is 10.6 Å². The van der Waals surface area contributed by atoms with E-state index in [4.69, 9.17) is 16.3 Å². The van der Waals surface area contributed by atoms with Crippen LogP contribution in [0.15, 0.2) is 58.7 Å². The molecule has 0 spiro atoms. The number of aromatic nitrogens is 1. The largest absolute Gasteiger partial charge is 0.495 e. The van der Waals surface area contributed by atoms with Gasteiger partial charge < -0.3 is 9.30 Å². The molecule has 0 saturated heterocycles. The van der Waals surface area contributed by atoms with Crippen LogP contribution in [0.2, 0.25) is 5.02 Å². The van der Waals surface area contributed by atoms with Gasteiger partial charge in [-0.05, 0) is 31.2 Å². The van der Waals surface area contributed by atoms with E-state index in [1.807, 2.05) is 37.4 Å². The fourth-order valence-corrected chi connectivity index (χ4v) is 3.94. The zero-order valence-electron chi connectivity index (χ0n) is 14.3. The molecular formula is C18H18ClN3O3S. The highest BCUT2D eigenvalue weighted by Crippen LogP contribution is 2.27. The summed E-state index contributed by atoms with van der Waals surface area (Å²) in [5.74, 6) is 0.194. The third kappa shape index (κ3) is 3.54. The summed E-state index contributed by atoms with van der Waals surface area (Å²) in [4.78, 5) is 2.14. The van der Waals surface area contributed by atoms with Gasteiger partial charge in [-0.15, -0.1) is 0 Å². The molecule has 6 nitrogen and oxygen atoms in total. The predicted octanol–water partition coefficient (Wildman–Crippen LogP) is 3.64. The normalized spacial score (nSPS) is 12.0. The van der Waals surface area contributed by atoms with Gasteiger partial charge in [0.1, 0.15) is 10.6 Å². The monoisotopic (exact) mass is 391 g/mol. The summed E-state index contributed by atoms with van der Waals surface area (Å²) in [5.41, 5.74) is 1.89. The van der Waals surface area contributed by atoms with E-state index in [0.717, 1.165) is 23.0 Å². The van der Waals surface area contributed by atoms with Crippen molar-refractivity contribution in [1.82, 2.24) is 9.40 Å². The van der Waals surface area contributed by atoms with Gasteiger partial charge in [0, 0.05) is 34.2 Å². The number of hydrogen-bond donors (Lipinski definition) is 1. The van der Waals surface area contributed by atoms with Gasteiger partial charge in [0.05, 0.1) is 13.3 Å². The second kappa shape index (κ2) is 7.39. The fourth-order valence-electron chi connectivity index (χ4n) is 2.71. The minimum Gasteiger partial charge on any atom is -0.495 e. The molecule has 136 valence electrons. The van der Waals surface area contributed by atoms with Crippen LogP contribution in [0.25, 0.3) is 10.9 Å². The summed E-state index contributed by atoms with van der Waals surface area (Å²) in [6.07, 6.45) is 3.42. The lowest BCUT2D eigenvalue weighted by molar-refractivity contribution is 0.402. The van der Waals surface area contributed by atoms with Gasteiger partial charge in [0.15, 0.2) is 0 Å². The van der Waals surface area contributed by atoms with Crippen molar-refractivity contribution < 1.29 is 13.2 Å². The average molecular weight is 392 g/mol. The summed E-state index contributed by atoms with van der Waals surface area (Å²) in [7, 11) is -2.52. The van der Waals surface area contributed by atoms with Crippen LogP contribution in [-0.4, -0.2) is 26.3 Å². The van der Waals surface area contributed by atoms with E-state index < -0.39 is 10.0 Å². The van der Waals surface area contributed by atoms with Gasteiger partial charge in [-0.2, -0.15) is 18.4 Å². The Kier molecular flexibility index (Phi) is 5.20. The van der Waals surface area contributed by atoms with Crippen molar-refractivity contribution in [3.63, 3.8) is 0 Å². The fraction of sp³-hybridized carbons (Fsp3) is 0.167. The first kappa shape index (κ1) is 18.3. The Morgan fingerprint density at radius 1 is 1.27 bits per heavy atom. The van der Waals surface area contributed by atoms with Crippen molar-refractivity contribution >= 4 is 38.7 Å². The van der Waals surface area contributed by atoms with Crippen LogP contribution in [-0.2, 0) is 16.6 Å². The lowest BCUT2D eigenvalue weighted by Crippen LogP contribution is -2.19. The van der Waals surface area contributed by atoms with E-state index in [0.29, 0.717) is 5.02 Å². The first-order valence-corrected chi connectivity index (χ1v) is 9.78. The maximum atomic E-state index is 12.5. The standard InChI is InChI=1S/C18H18ClN3O3S/c1-3-22-12-13(15-6-4-5-7-16(15)22)11-20-21-26(23,24)18-10-14(19)8-9-17(18)25-2/h4-12,21H,3H2,1-2H3/b20-11+. The molecule has 8 heteroatoms. The Morgan fingerprint density at radius 2 is 2.04 bits per heavy atom. The highest BCUT2D eigenvalue weighted by atomic mass is 35.5. The smallest absolute Gasteiger partial charge is 0.280 e. The van der Waals surface area contributed by atoms with Crippen molar-refractivity contribution in [2.75, 3.05) is 7.11 Å². The molecule has 0 amide bonds. The van der Waals surface area contributed by atoms with Crippen LogP contribution in [0.4, 0.5) is 0 Å². The Morgan fingerprint density at radius 3 is 2.77 bits per heavy atom. The number of aryl methyl sites for hydroxylation is 1. The molecule has 0 aliphatic heterocycles. The van der Waals surface area contributed by atoms with Gasteiger partial charge in [-0.25, -0.2) is 0 Å². The number of methoxy groups -OCH3 is 1. The number of nitrogens with one attached hydrogen (secondary N) is 1. The zero-order valence-corrected chi connectivity index (χ0v) is 15.9. The molecule has 0 radical (unpaired) electrons. The van der Waals surface area contributed by atoms with Gasteiger partial charge in [0.25, 0.3) is 10.0 Å². The van der Waals surface area contributed by atoms with Crippen molar-refractivity contribution in [3.05, 3.63) is 59.2 Å². The van der Waals surface area contributed by atoms with E-state index in [1.54, 1.807) is 6.07 Å². The van der Waals surface area contributed by atoms with Crippen LogP contribution in [0.1, 0.15) is 12.5 Å². The molecule has 3 aromatic rings. The second-order valence-electron chi connectivity index (χ2n) is 5.54. The average Bonchev–Trinajstić information content (AvgIpc) is 3.00. The second-order valence-corrected chi connectivity index (χ2v) is 7.60. The number of nitrogens with zero attached hydrogens (tertiary/aromatic N) is 2. The Hall–Kier alpha value is -2.51. The van der Waals surface area contributed by atoms with Gasteiger partial charge >= 0.3 is 0 Å². The number of sulfonamides is 1. The van der Waals surface area contributed by atoms with Gasteiger partial charge in [-0.1, -0.05) is 29.8 Å². The molecule has 1 heterocycles. The number of hydrazone groups is 1. The number of ether oxygens (including phenoxy) is 1. The highest BCUT2D eigenvalue weighted by Gasteiger charge is 2.19. The predicted molar refractivity (Wildman–Crippen MR) is 104 cm³/mol. The molecule has 2 aromatic carbocycles. The van der Waals surface area contributed by atoms with Crippen LogP contribution in [0.3, 0.4) is 0 Å². The molecule has 0 bridgehead atoms. The van der Waals surface area contributed by atoms with E-state index >= 15 is 0 Å². The lowest BCUT2D eigenvalue weighted by Gasteiger charge is -2.09. The third-order valence-corrected chi connectivity index (χ3v) is 5.43. The molecule has 0 unspecified atom stereocenters. The number of fused-ring (bicyclic) bond motifs is 1. The maximum Gasteiger partial charge on any atom is 0.280 e. The van der Waals surface area contributed by atoms with Crippen molar-refractivity contribution in [2.24, 2.45) is 5.10 Å². The summed E-state index contributed by atoms with van der Waals surface area (Å²) < 4.78 is 32.2. The first-order chi connectivity index (χ1) is 12.5. The summed E-state index contributed by atoms with van der Waals surface area (Å²) >= 11 is 5.90. The van der Waals surface area contributed by atoms with Gasteiger partial charge in [0.2, 0.25) is 0 Å². The number of para-hydroxylation sites is 1. The van der Waals surface area contributed by atoms with Crippen molar-refractivity contribution in [3.8, 4) is 5.75 Å². The molecule has 0 fully saturated rings. The minimum atomic E-state index is -3.91. The van der Waals surface area contributed by atoms with E-state index in [2.05, 4.69) is 14.5 Å². The SMILES string of the molecule is CCn1cc(/C=N/NS(=O)(=O)c2cc(Cl)ccc2OC)c2ccccc21. The lowest BCUT2D eigenvalue weighted by atomic mass is 10.2. The Labute approximate surface area is 157 Å². The molecule has 1 aromatic heterocycles. The highest BCUT2D eigenvalue weighted by molar-refractivity contribution is 7.89. The molecule has 26 heavy (non-hydrogen) atoms. The summed E-state index contributed by atoms with van der Waals surface area (Å²) in [6, 6.07) is 12.2. The van der Waals surface area contributed by atoms with Crippen molar-refractivity contribution in [2.45, 2.75) is 18.4 Å². The number of halogens is 1. The van der Waals surface area contributed by atoms with Crippen LogP contribution in [0.5, 0.6) is 5.75 Å². The first-order valence-electron chi connectivity index (χ1n) is 7.92. The van der Waals surface area contributed by atoms with Gasteiger partial charge in [-0.3, -0.25) is 0 Å². The van der Waals surface area contributed by atoms with E-state index in [9.17, 15) is 8.42 Å².